The number of hydrogen-bond donors (Lipinski definition) is 1. The van der Waals surface area contributed by atoms with Crippen LogP contribution in [-0.4, -0.2) is 34.9 Å². The fourth-order valence-electron chi connectivity index (χ4n) is 4.52. The van der Waals surface area contributed by atoms with Crippen molar-refractivity contribution in [1.82, 2.24) is 9.97 Å². The van der Waals surface area contributed by atoms with E-state index in [9.17, 15) is 18.0 Å². The van der Waals surface area contributed by atoms with Crippen molar-refractivity contribution in [2.24, 2.45) is 0 Å². The number of ketones is 1. The Bertz CT molecular complexity index is 1430. The number of aromatic nitrogens is 2. The van der Waals surface area contributed by atoms with Gasteiger partial charge in [0, 0.05) is 30.6 Å². The van der Waals surface area contributed by atoms with Gasteiger partial charge in [0.25, 0.3) is 0 Å². The summed E-state index contributed by atoms with van der Waals surface area (Å²) >= 11 is 0. The highest BCUT2D eigenvalue weighted by Crippen LogP contribution is 2.33. The molecule has 8 heteroatoms. The van der Waals surface area contributed by atoms with Gasteiger partial charge < -0.3 is 14.6 Å². The predicted octanol–water partition coefficient (Wildman–Crippen LogP) is 7.69. The molecule has 3 aromatic rings. The molecule has 4 rings (SSSR count). The van der Waals surface area contributed by atoms with Gasteiger partial charge in [0.05, 0.1) is 6.54 Å². The number of imidazole rings is 1. The van der Waals surface area contributed by atoms with Gasteiger partial charge in [-0.3, -0.25) is 4.79 Å². The van der Waals surface area contributed by atoms with Gasteiger partial charge in [0.1, 0.15) is 23.4 Å². The van der Waals surface area contributed by atoms with Crippen molar-refractivity contribution in [2.45, 2.75) is 39.0 Å². The first-order valence-corrected chi connectivity index (χ1v) is 13.0. The van der Waals surface area contributed by atoms with Crippen LogP contribution in [0.1, 0.15) is 53.4 Å². The first kappa shape index (κ1) is 28.7. The summed E-state index contributed by atoms with van der Waals surface area (Å²) in [5, 5.41) is 0. The summed E-state index contributed by atoms with van der Waals surface area (Å²) in [7, 11) is 0. The van der Waals surface area contributed by atoms with Crippen LogP contribution in [0.15, 0.2) is 86.0 Å². The molecule has 5 nitrogen and oxygen atoms in total. The number of Topliss-reactive ketones (excluding diaryl/α,β-unsaturated/α-hetero) is 1. The number of alkyl halides is 3. The highest BCUT2D eigenvalue weighted by Gasteiger charge is 2.39. The summed E-state index contributed by atoms with van der Waals surface area (Å²) in [6.07, 6.45) is 2.20. The number of H-pyrrole nitrogens is 1. The molecule has 1 N–H and O–H groups in total. The smallest absolute Gasteiger partial charge is 0.433 e. The number of halogens is 3. The van der Waals surface area contributed by atoms with Crippen molar-refractivity contribution in [3.8, 4) is 5.75 Å². The van der Waals surface area contributed by atoms with Crippen LogP contribution in [0.5, 0.6) is 5.75 Å². The van der Waals surface area contributed by atoms with Crippen LogP contribution in [0.25, 0.3) is 11.1 Å². The van der Waals surface area contributed by atoms with E-state index in [4.69, 9.17) is 4.74 Å². The predicted molar refractivity (Wildman–Crippen MR) is 153 cm³/mol. The molecule has 0 spiro atoms. The van der Waals surface area contributed by atoms with Crippen LogP contribution in [0.3, 0.4) is 0 Å². The van der Waals surface area contributed by atoms with E-state index in [1.165, 1.54) is 6.08 Å². The summed E-state index contributed by atoms with van der Waals surface area (Å²) in [6, 6.07) is 15.2. The maximum Gasteiger partial charge on any atom is 0.433 e. The molecule has 0 amide bonds. The maximum atomic E-state index is 13.7. The minimum Gasteiger partial charge on any atom is -0.489 e. The fourth-order valence-corrected chi connectivity index (χ4v) is 4.52. The van der Waals surface area contributed by atoms with E-state index in [2.05, 4.69) is 52.3 Å². The molecule has 0 radical (unpaired) electrons. The van der Waals surface area contributed by atoms with Gasteiger partial charge in [-0.15, -0.1) is 0 Å². The van der Waals surface area contributed by atoms with Gasteiger partial charge in [-0.1, -0.05) is 67.3 Å². The fraction of sp³-hybridized carbons (Fsp3) is 0.250. The first-order valence-electron chi connectivity index (χ1n) is 13.0. The first-order chi connectivity index (χ1) is 19.1. The quantitative estimate of drug-likeness (QED) is 0.209. The average Bonchev–Trinajstić information content (AvgIpc) is 3.58. The number of nitrogens with one attached hydrogen (secondary N) is 1. The second kappa shape index (κ2) is 12.2. The molecule has 1 aromatic heterocycles. The van der Waals surface area contributed by atoms with Crippen molar-refractivity contribution in [3.05, 3.63) is 114 Å². The average molecular weight is 548 g/mol. The molecule has 1 atom stereocenters. The molecular weight excluding hydrogens is 515 g/mol. The van der Waals surface area contributed by atoms with E-state index in [1.54, 1.807) is 49.4 Å². The van der Waals surface area contributed by atoms with Crippen molar-refractivity contribution in [2.75, 3.05) is 18.0 Å². The zero-order valence-corrected chi connectivity index (χ0v) is 22.6. The monoisotopic (exact) mass is 547 g/mol. The molecule has 208 valence electrons. The Morgan fingerprint density at radius 2 is 1.88 bits per heavy atom. The van der Waals surface area contributed by atoms with E-state index in [0.717, 1.165) is 36.3 Å². The topological polar surface area (TPSA) is 58.2 Å². The molecule has 0 bridgehead atoms. The van der Waals surface area contributed by atoms with Crippen LogP contribution in [-0.2, 0) is 12.6 Å². The number of hydrogen-bond acceptors (Lipinski definition) is 4. The van der Waals surface area contributed by atoms with Crippen molar-refractivity contribution < 1.29 is 22.7 Å². The number of anilines is 1. The Morgan fingerprint density at radius 1 is 1.18 bits per heavy atom. The van der Waals surface area contributed by atoms with Crippen molar-refractivity contribution in [1.29, 1.82) is 0 Å². The lowest BCUT2D eigenvalue weighted by molar-refractivity contribution is -0.141. The Kier molecular flexibility index (Phi) is 8.77. The van der Waals surface area contributed by atoms with E-state index in [1.807, 2.05) is 6.92 Å². The molecule has 1 unspecified atom stereocenters. The van der Waals surface area contributed by atoms with Crippen LogP contribution >= 0.6 is 0 Å². The van der Waals surface area contributed by atoms with E-state index in [0.29, 0.717) is 16.9 Å². The molecule has 2 heterocycles. The number of ether oxygens (including phenoxy) is 1. The third-order valence-corrected chi connectivity index (χ3v) is 6.67. The molecule has 1 saturated heterocycles. The molecule has 1 aliphatic heterocycles. The van der Waals surface area contributed by atoms with Gasteiger partial charge in [0.15, 0.2) is 11.5 Å². The largest absolute Gasteiger partial charge is 0.489 e. The van der Waals surface area contributed by atoms with Gasteiger partial charge in [-0.05, 0) is 49.2 Å². The standard InChI is InChI=1S/C32H32F3N3O2/c1-5-7-8-23(6-2)31-36-29(30(37-31)32(33,34)35)28(39)19-22-9-15-26(16-10-22)40-27-17-18-38(20-27)25-13-11-24(12-14-25)21(3)4/h5-16,27H,2-3,17-20H2,1,4H3,(H,36,37)/b7-5?,23-8+. The molecular formula is C32H32F3N3O2. The number of nitrogens with zero attached hydrogens (tertiary/aromatic N) is 2. The van der Waals surface area contributed by atoms with Gasteiger partial charge >= 0.3 is 6.18 Å². The number of aromatic amines is 1. The Balaban J connectivity index is 1.41. The molecule has 0 aliphatic carbocycles. The van der Waals surface area contributed by atoms with E-state index >= 15 is 0 Å². The number of carbonyl (C=O) groups is 1. The normalized spacial score (nSPS) is 16.0. The lowest BCUT2D eigenvalue weighted by Gasteiger charge is -2.19. The molecule has 1 fully saturated rings. The van der Waals surface area contributed by atoms with Crippen LogP contribution in [0.4, 0.5) is 18.9 Å². The van der Waals surface area contributed by atoms with Crippen molar-refractivity contribution >= 4 is 22.6 Å². The van der Waals surface area contributed by atoms with Crippen LogP contribution < -0.4 is 9.64 Å². The zero-order valence-electron chi connectivity index (χ0n) is 22.6. The molecule has 40 heavy (non-hydrogen) atoms. The zero-order chi connectivity index (χ0) is 28.9. The van der Waals surface area contributed by atoms with Gasteiger partial charge in [-0.2, -0.15) is 13.2 Å². The summed E-state index contributed by atoms with van der Waals surface area (Å²) in [6.45, 7) is 13.0. The van der Waals surface area contributed by atoms with E-state index in [-0.39, 0.29) is 18.3 Å². The van der Waals surface area contributed by atoms with Gasteiger partial charge in [-0.25, -0.2) is 4.98 Å². The Morgan fingerprint density at radius 3 is 2.48 bits per heavy atom. The number of allylic oxidation sites excluding steroid dienone is 6. The Hall–Kier alpha value is -4.33. The molecule has 2 aromatic carbocycles. The SMILES string of the molecule is C=C/C(=C\C=CC)c1nc(C(=O)Cc2ccc(OC3CCN(c4ccc(C(=C)C)cc4)C3)cc2)c(C(F)(F)F)[nH]1. The third kappa shape index (κ3) is 6.81. The Labute approximate surface area is 232 Å². The summed E-state index contributed by atoms with van der Waals surface area (Å²) < 4.78 is 47.3. The second-order valence-electron chi connectivity index (χ2n) is 9.70. The van der Waals surface area contributed by atoms with Crippen LogP contribution in [0.2, 0.25) is 0 Å². The van der Waals surface area contributed by atoms with E-state index < -0.39 is 23.3 Å². The highest BCUT2D eigenvalue weighted by molar-refractivity contribution is 5.97. The third-order valence-electron chi connectivity index (χ3n) is 6.67. The van der Waals surface area contributed by atoms with Gasteiger partial charge in [0.2, 0.25) is 0 Å². The minimum absolute atomic E-state index is 0.000200. The summed E-state index contributed by atoms with van der Waals surface area (Å²) in [5.74, 6) is -0.157. The van der Waals surface area contributed by atoms with Crippen LogP contribution in [0, 0.1) is 0 Å². The molecule has 0 saturated carbocycles. The number of carbonyl (C=O) groups excluding carboxylic acids is 1. The highest BCUT2D eigenvalue weighted by atomic mass is 19.4. The lowest BCUT2D eigenvalue weighted by atomic mass is 10.1. The van der Waals surface area contributed by atoms with Crippen molar-refractivity contribution in [3.63, 3.8) is 0 Å². The lowest BCUT2D eigenvalue weighted by Crippen LogP contribution is -2.24. The number of rotatable bonds is 10. The number of benzene rings is 2. The maximum absolute atomic E-state index is 13.7. The summed E-state index contributed by atoms with van der Waals surface area (Å²) in [5.41, 5.74) is 2.36. The second-order valence-corrected chi connectivity index (χ2v) is 9.70. The summed E-state index contributed by atoms with van der Waals surface area (Å²) in [4.78, 5) is 21.5. The molecule has 1 aliphatic rings. The minimum atomic E-state index is -4.76.